The molecule has 0 aromatic heterocycles. The van der Waals surface area contributed by atoms with Gasteiger partial charge in [0.25, 0.3) is 5.69 Å². The Bertz CT molecular complexity index is 1240. The van der Waals surface area contributed by atoms with Gasteiger partial charge < -0.3 is 9.64 Å². The predicted molar refractivity (Wildman–Crippen MR) is 126 cm³/mol. The van der Waals surface area contributed by atoms with E-state index in [4.69, 9.17) is 4.74 Å². The molecule has 174 valence electrons. The topological polar surface area (TPSA) is 114 Å². The Hall–Kier alpha value is -3.99. The van der Waals surface area contributed by atoms with Crippen molar-refractivity contribution in [1.29, 1.82) is 5.26 Å². The Kier molecular flexibility index (Phi) is 5.52. The number of hydrogen-bond donors (Lipinski definition) is 0. The summed E-state index contributed by atoms with van der Waals surface area (Å²) >= 11 is 0. The maximum absolute atomic E-state index is 14.0. The molecule has 8 nitrogen and oxygen atoms in total. The molecule has 0 bridgehead atoms. The highest BCUT2D eigenvalue weighted by Crippen LogP contribution is 2.57. The average molecular weight is 460 g/mol. The number of esters is 1. The number of hydrogen-bond acceptors (Lipinski definition) is 7. The van der Waals surface area contributed by atoms with Gasteiger partial charge in [-0.05, 0) is 17.2 Å². The van der Waals surface area contributed by atoms with E-state index in [1.54, 1.807) is 26.8 Å². The number of nitrogens with zero attached hydrogens (tertiary/aromatic N) is 3. The van der Waals surface area contributed by atoms with E-state index in [-0.39, 0.29) is 11.5 Å². The minimum Gasteiger partial charge on any atom is -0.468 e. The maximum atomic E-state index is 14.0. The van der Waals surface area contributed by atoms with Crippen molar-refractivity contribution in [2.75, 3.05) is 12.0 Å². The Morgan fingerprint density at radius 1 is 1.15 bits per heavy atom. The van der Waals surface area contributed by atoms with Crippen LogP contribution in [0.15, 0.2) is 54.6 Å². The van der Waals surface area contributed by atoms with Gasteiger partial charge in [0, 0.05) is 29.2 Å². The Morgan fingerprint density at radius 2 is 1.79 bits per heavy atom. The molecule has 0 amide bonds. The van der Waals surface area contributed by atoms with Crippen molar-refractivity contribution < 1.29 is 19.2 Å². The second kappa shape index (κ2) is 8.10. The fraction of sp³-hybridized carbons (Fsp3) is 0.346. The standard InChI is InChI=1S/C26H25N3O5/c1-25(2,3)23(30)22-21(17-9-12-18(13-10-17)29(32)33)26(15-27,24(31)34-4)20-14-11-16-7-5-6-8-19(16)28(20)22/h5-14,20-22H,1-4H3/t20-,21+,22+,26-/m0/s1. The quantitative estimate of drug-likeness (QED) is 0.381. The summed E-state index contributed by atoms with van der Waals surface area (Å²) in [6.45, 7) is 5.40. The zero-order valence-corrected chi connectivity index (χ0v) is 19.4. The van der Waals surface area contributed by atoms with Crippen molar-refractivity contribution >= 4 is 29.2 Å². The molecule has 0 spiro atoms. The van der Waals surface area contributed by atoms with Crippen LogP contribution in [0.1, 0.15) is 37.8 Å². The largest absolute Gasteiger partial charge is 0.468 e. The molecule has 0 N–H and O–H groups in total. The minimum absolute atomic E-state index is 0.121. The average Bonchev–Trinajstić information content (AvgIpc) is 3.13. The number of fused-ring (bicyclic) bond motifs is 3. The van der Waals surface area contributed by atoms with Crippen LogP contribution in [0.2, 0.25) is 0 Å². The van der Waals surface area contributed by atoms with E-state index < -0.39 is 39.7 Å². The van der Waals surface area contributed by atoms with Crippen LogP contribution in [0, 0.1) is 32.3 Å². The summed E-state index contributed by atoms with van der Waals surface area (Å²) in [5.74, 6) is -1.81. The molecule has 2 aromatic rings. The zero-order chi connectivity index (χ0) is 24.8. The van der Waals surface area contributed by atoms with Gasteiger partial charge in [-0.25, -0.2) is 0 Å². The van der Waals surface area contributed by atoms with Crippen LogP contribution in [0.4, 0.5) is 11.4 Å². The van der Waals surface area contributed by atoms with Crippen molar-refractivity contribution in [3.63, 3.8) is 0 Å². The number of benzene rings is 2. The number of rotatable bonds is 4. The monoisotopic (exact) mass is 459 g/mol. The molecule has 8 heteroatoms. The molecule has 0 aliphatic carbocycles. The van der Waals surface area contributed by atoms with Gasteiger partial charge in [-0.3, -0.25) is 19.7 Å². The first-order valence-corrected chi connectivity index (χ1v) is 10.9. The fourth-order valence-corrected chi connectivity index (χ4v) is 5.16. The van der Waals surface area contributed by atoms with Crippen molar-refractivity contribution in [1.82, 2.24) is 0 Å². The number of non-ortho nitro benzene ring substituents is 1. The number of ketones is 1. The van der Waals surface area contributed by atoms with Gasteiger partial charge in [0.1, 0.15) is 0 Å². The van der Waals surface area contributed by atoms with Gasteiger partial charge in [-0.15, -0.1) is 0 Å². The highest BCUT2D eigenvalue weighted by atomic mass is 16.6. The Labute approximate surface area is 197 Å². The van der Waals surface area contributed by atoms with Crippen molar-refractivity contribution in [3.05, 3.63) is 75.8 Å². The van der Waals surface area contributed by atoms with E-state index in [1.807, 2.05) is 35.2 Å². The zero-order valence-electron chi connectivity index (χ0n) is 19.4. The first-order valence-electron chi connectivity index (χ1n) is 10.9. The van der Waals surface area contributed by atoms with Crippen LogP contribution >= 0.6 is 0 Å². The lowest BCUT2D eigenvalue weighted by atomic mass is 9.67. The molecule has 2 aliphatic heterocycles. The number of nitriles is 1. The number of nitro groups is 1. The van der Waals surface area contributed by atoms with E-state index in [9.17, 15) is 25.0 Å². The third kappa shape index (κ3) is 3.27. The summed E-state index contributed by atoms with van der Waals surface area (Å²) in [7, 11) is 1.22. The van der Waals surface area contributed by atoms with Crippen LogP contribution in [-0.2, 0) is 14.3 Å². The molecule has 1 fully saturated rings. The number of nitro benzene ring substituents is 1. The van der Waals surface area contributed by atoms with Gasteiger partial charge in [0.2, 0.25) is 0 Å². The number of carbonyl (C=O) groups is 2. The minimum atomic E-state index is -1.75. The molecular formula is C26H25N3O5. The van der Waals surface area contributed by atoms with Gasteiger partial charge in [-0.2, -0.15) is 5.26 Å². The van der Waals surface area contributed by atoms with Gasteiger partial charge in [0.05, 0.1) is 30.2 Å². The highest BCUT2D eigenvalue weighted by Gasteiger charge is 2.67. The molecule has 1 saturated heterocycles. The number of anilines is 1. The van der Waals surface area contributed by atoms with Gasteiger partial charge >= 0.3 is 5.97 Å². The lowest BCUT2D eigenvalue weighted by Crippen LogP contribution is -2.48. The van der Waals surface area contributed by atoms with Gasteiger partial charge in [-0.1, -0.05) is 63.3 Å². The normalized spacial score (nSPS) is 25.1. The van der Waals surface area contributed by atoms with Crippen LogP contribution < -0.4 is 4.90 Å². The summed E-state index contributed by atoms with van der Waals surface area (Å²) < 4.78 is 5.15. The van der Waals surface area contributed by atoms with Crippen molar-refractivity contribution in [2.45, 2.75) is 38.8 Å². The molecule has 2 aliphatic rings. The van der Waals surface area contributed by atoms with Crippen LogP contribution in [-0.4, -0.2) is 35.9 Å². The molecule has 2 heterocycles. The van der Waals surface area contributed by atoms with Crippen LogP contribution in [0.5, 0.6) is 0 Å². The van der Waals surface area contributed by atoms with Crippen LogP contribution in [0.25, 0.3) is 6.08 Å². The molecule has 0 unspecified atom stereocenters. The van der Waals surface area contributed by atoms with E-state index in [1.165, 1.54) is 31.4 Å². The first-order chi connectivity index (χ1) is 16.1. The Morgan fingerprint density at radius 3 is 2.35 bits per heavy atom. The molecule has 0 saturated carbocycles. The number of ether oxygens (including phenoxy) is 1. The summed E-state index contributed by atoms with van der Waals surface area (Å²) in [5, 5.41) is 21.8. The van der Waals surface area contributed by atoms with Crippen LogP contribution in [0.3, 0.4) is 0 Å². The SMILES string of the molecule is COC(=O)[C@]1(C#N)[C@H](c2ccc([N+](=O)[O-])cc2)[C@H](C(=O)C(C)(C)C)N2c3ccccc3C=C[C@H]21. The van der Waals surface area contributed by atoms with Crippen molar-refractivity contribution in [3.8, 4) is 6.07 Å². The second-order valence-electron chi connectivity index (χ2n) is 9.63. The van der Waals surface area contributed by atoms with E-state index in [0.717, 1.165) is 11.3 Å². The number of para-hydroxylation sites is 1. The molecule has 34 heavy (non-hydrogen) atoms. The summed E-state index contributed by atoms with van der Waals surface area (Å²) in [5.41, 5.74) is -0.562. The van der Waals surface area contributed by atoms with E-state index in [2.05, 4.69) is 6.07 Å². The molecular weight excluding hydrogens is 434 g/mol. The lowest BCUT2D eigenvalue weighted by Gasteiger charge is -2.37. The van der Waals surface area contributed by atoms with Gasteiger partial charge in [0.15, 0.2) is 11.2 Å². The second-order valence-corrected chi connectivity index (χ2v) is 9.63. The lowest BCUT2D eigenvalue weighted by molar-refractivity contribution is -0.384. The van der Waals surface area contributed by atoms with E-state index >= 15 is 0 Å². The summed E-state index contributed by atoms with van der Waals surface area (Å²) in [6.07, 6.45) is 3.62. The number of carbonyl (C=O) groups excluding carboxylic acids is 2. The Balaban J connectivity index is 2.04. The first kappa shape index (κ1) is 23.2. The number of methoxy groups -OCH3 is 1. The number of Topliss-reactive ketones (excluding diaryl/α,β-unsaturated/α-hetero) is 1. The molecule has 4 rings (SSSR count). The maximum Gasteiger partial charge on any atom is 0.329 e. The van der Waals surface area contributed by atoms with E-state index in [0.29, 0.717) is 5.56 Å². The fourth-order valence-electron chi connectivity index (χ4n) is 5.16. The third-order valence-corrected chi connectivity index (χ3v) is 6.72. The third-order valence-electron chi connectivity index (χ3n) is 6.72. The molecule has 2 aromatic carbocycles. The highest BCUT2D eigenvalue weighted by molar-refractivity contribution is 5.99. The smallest absolute Gasteiger partial charge is 0.329 e. The molecule has 4 atom stereocenters. The summed E-state index contributed by atoms with van der Waals surface area (Å²) in [6, 6.07) is 13.8. The molecule has 0 radical (unpaired) electrons. The summed E-state index contributed by atoms with van der Waals surface area (Å²) in [4.78, 5) is 39.9. The predicted octanol–water partition coefficient (Wildman–Crippen LogP) is 4.26. The van der Waals surface area contributed by atoms with Crippen molar-refractivity contribution in [2.24, 2.45) is 10.8 Å².